The van der Waals surface area contributed by atoms with Crippen LogP contribution in [0.3, 0.4) is 0 Å². The van der Waals surface area contributed by atoms with Crippen LogP contribution in [0.5, 0.6) is 5.75 Å². The highest BCUT2D eigenvalue weighted by atomic mass is 16.6. The average Bonchev–Trinajstić information content (AvgIpc) is 2.68. The van der Waals surface area contributed by atoms with Gasteiger partial charge in [0.25, 0.3) is 0 Å². The molecule has 1 aromatic carbocycles. The topological polar surface area (TPSA) is 49.9 Å². The summed E-state index contributed by atoms with van der Waals surface area (Å²) < 4.78 is 5.36. The van der Waals surface area contributed by atoms with E-state index >= 15 is 0 Å². The minimum atomic E-state index is -0.333. The van der Waals surface area contributed by atoms with Crippen LogP contribution in [0.25, 0.3) is 0 Å². The number of amides is 2. The van der Waals surface area contributed by atoms with Gasteiger partial charge in [-0.25, -0.2) is 4.79 Å². The fraction of sp³-hybridized carbons (Fsp3) is 0.600. The number of hydrogen-bond acceptors (Lipinski definition) is 3. The molecular weight excluding hydrogens is 316 g/mol. The van der Waals surface area contributed by atoms with Crippen molar-refractivity contribution < 1.29 is 14.3 Å². The molecule has 0 atom stereocenters. The third-order valence-corrected chi connectivity index (χ3v) is 5.33. The van der Waals surface area contributed by atoms with Crippen molar-refractivity contribution in [3.8, 4) is 5.75 Å². The Labute approximate surface area is 149 Å². The number of piperazine rings is 1. The van der Waals surface area contributed by atoms with Crippen LogP contribution >= 0.6 is 0 Å². The molecule has 1 saturated carbocycles. The number of carbonyl (C=O) groups is 2. The van der Waals surface area contributed by atoms with Gasteiger partial charge in [-0.2, -0.15) is 0 Å². The second kappa shape index (κ2) is 8.88. The van der Waals surface area contributed by atoms with E-state index < -0.39 is 0 Å². The highest BCUT2D eigenvalue weighted by molar-refractivity contribution is 5.77. The van der Waals surface area contributed by atoms with Gasteiger partial charge in [-0.05, 0) is 24.5 Å². The molecule has 136 valence electrons. The largest absolute Gasteiger partial charge is 0.415 e. The fourth-order valence-corrected chi connectivity index (χ4v) is 3.75. The van der Waals surface area contributed by atoms with Crippen LogP contribution < -0.4 is 4.74 Å². The monoisotopic (exact) mass is 344 g/mol. The number of nitrogens with zero attached hydrogens (tertiary/aromatic N) is 2. The Bertz CT molecular complexity index is 562. The molecule has 1 aliphatic heterocycles. The van der Waals surface area contributed by atoms with Crippen LogP contribution in [0, 0.1) is 5.92 Å². The predicted molar refractivity (Wildman–Crippen MR) is 96.4 cm³/mol. The van der Waals surface area contributed by atoms with Crippen LogP contribution in [0.2, 0.25) is 0 Å². The highest BCUT2D eigenvalue weighted by Crippen LogP contribution is 2.27. The quantitative estimate of drug-likeness (QED) is 0.837. The summed E-state index contributed by atoms with van der Waals surface area (Å²) in [4.78, 5) is 28.2. The average molecular weight is 344 g/mol. The third kappa shape index (κ3) is 5.21. The number of ether oxygens (including phenoxy) is 1. The van der Waals surface area contributed by atoms with Crippen molar-refractivity contribution in [3.63, 3.8) is 0 Å². The molecule has 0 radical (unpaired) electrons. The lowest BCUT2D eigenvalue weighted by Crippen LogP contribution is -2.51. The molecule has 5 heteroatoms. The Morgan fingerprint density at radius 2 is 1.56 bits per heavy atom. The maximum absolute atomic E-state index is 12.4. The van der Waals surface area contributed by atoms with E-state index in [1.807, 2.05) is 23.1 Å². The molecule has 0 aromatic heterocycles. The summed E-state index contributed by atoms with van der Waals surface area (Å²) in [6, 6.07) is 9.10. The van der Waals surface area contributed by atoms with Crippen molar-refractivity contribution in [2.75, 3.05) is 26.2 Å². The van der Waals surface area contributed by atoms with Gasteiger partial charge in [0, 0.05) is 32.6 Å². The van der Waals surface area contributed by atoms with Crippen molar-refractivity contribution >= 4 is 12.0 Å². The molecule has 2 fully saturated rings. The first-order valence-electron chi connectivity index (χ1n) is 9.52. The number of para-hydroxylation sites is 1. The van der Waals surface area contributed by atoms with E-state index in [0.717, 1.165) is 12.3 Å². The summed E-state index contributed by atoms with van der Waals surface area (Å²) in [7, 11) is 0. The Morgan fingerprint density at radius 3 is 2.24 bits per heavy atom. The molecule has 1 aliphatic carbocycles. The van der Waals surface area contributed by atoms with Gasteiger partial charge < -0.3 is 14.5 Å². The number of hydrogen-bond donors (Lipinski definition) is 0. The smallest absolute Gasteiger partial charge is 0.410 e. The van der Waals surface area contributed by atoms with Gasteiger partial charge in [-0.1, -0.05) is 50.3 Å². The van der Waals surface area contributed by atoms with Crippen LogP contribution in [-0.2, 0) is 4.79 Å². The number of benzene rings is 1. The SMILES string of the molecule is O=C(CCC1CCCCC1)N1CCN(C(=O)Oc2ccccc2)CC1. The van der Waals surface area contributed by atoms with E-state index in [9.17, 15) is 9.59 Å². The highest BCUT2D eigenvalue weighted by Gasteiger charge is 2.25. The van der Waals surface area contributed by atoms with Crippen molar-refractivity contribution in [2.45, 2.75) is 44.9 Å². The molecule has 0 spiro atoms. The van der Waals surface area contributed by atoms with Gasteiger partial charge >= 0.3 is 6.09 Å². The minimum Gasteiger partial charge on any atom is -0.410 e. The fourth-order valence-electron chi connectivity index (χ4n) is 3.75. The second-order valence-corrected chi connectivity index (χ2v) is 7.09. The molecular formula is C20H28N2O3. The zero-order valence-electron chi connectivity index (χ0n) is 14.9. The molecule has 1 aromatic rings. The Hall–Kier alpha value is -2.04. The van der Waals surface area contributed by atoms with Crippen LogP contribution in [0.4, 0.5) is 4.79 Å². The standard InChI is InChI=1S/C20H28N2O3/c23-19(12-11-17-7-3-1-4-8-17)21-13-15-22(16-14-21)20(24)25-18-9-5-2-6-10-18/h2,5-6,9-10,17H,1,3-4,7-8,11-16H2. The summed E-state index contributed by atoms with van der Waals surface area (Å²) >= 11 is 0. The molecule has 2 amide bonds. The number of carbonyl (C=O) groups excluding carboxylic acids is 2. The lowest BCUT2D eigenvalue weighted by atomic mass is 9.86. The lowest BCUT2D eigenvalue weighted by Gasteiger charge is -2.34. The van der Waals surface area contributed by atoms with Crippen molar-refractivity contribution in [3.05, 3.63) is 30.3 Å². The molecule has 2 aliphatic rings. The Morgan fingerprint density at radius 1 is 0.920 bits per heavy atom. The first-order valence-corrected chi connectivity index (χ1v) is 9.52. The normalized spacial score (nSPS) is 18.9. The van der Waals surface area contributed by atoms with Crippen molar-refractivity contribution in [1.29, 1.82) is 0 Å². The predicted octanol–water partition coefficient (Wildman–Crippen LogP) is 3.69. The van der Waals surface area contributed by atoms with Crippen molar-refractivity contribution in [2.24, 2.45) is 5.92 Å². The third-order valence-electron chi connectivity index (χ3n) is 5.33. The second-order valence-electron chi connectivity index (χ2n) is 7.09. The van der Waals surface area contributed by atoms with Gasteiger partial charge in [0.05, 0.1) is 0 Å². The molecule has 0 N–H and O–H groups in total. The van der Waals surface area contributed by atoms with E-state index in [2.05, 4.69) is 0 Å². The summed E-state index contributed by atoms with van der Waals surface area (Å²) in [5, 5.41) is 0. The maximum Gasteiger partial charge on any atom is 0.415 e. The summed E-state index contributed by atoms with van der Waals surface area (Å²) in [5.74, 6) is 1.53. The van der Waals surface area contributed by atoms with Gasteiger partial charge in [0.15, 0.2) is 0 Å². The molecule has 25 heavy (non-hydrogen) atoms. The molecule has 1 heterocycles. The van der Waals surface area contributed by atoms with E-state index in [1.54, 1.807) is 17.0 Å². The minimum absolute atomic E-state index is 0.238. The van der Waals surface area contributed by atoms with Gasteiger partial charge in [-0.3, -0.25) is 4.79 Å². The van der Waals surface area contributed by atoms with Crippen LogP contribution in [-0.4, -0.2) is 48.0 Å². The molecule has 5 nitrogen and oxygen atoms in total. The summed E-state index contributed by atoms with van der Waals surface area (Å²) in [5.41, 5.74) is 0. The van der Waals surface area contributed by atoms with Gasteiger partial charge in [-0.15, -0.1) is 0 Å². The first kappa shape index (κ1) is 17.8. The van der Waals surface area contributed by atoms with E-state index in [-0.39, 0.29) is 12.0 Å². The Balaban J connectivity index is 1.38. The number of rotatable bonds is 4. The first-order chi connectivity index (χ1) is 12.2. The van der Waals surface area contributed by atoms with E-state index in [4.69, 9.17) is 4.74 Å². The molecule has 1 saturated heterocycles. The molecule has 0 unspecified atom stereocenters. The van der Waals surface area contributed by atoms with Gasteiger partial charge in [0.2, 0.25) is 5.91 Å². The summed E-state index contributed by atoms with van der Waals surface area (Å²) in [6.07, 6.45) is 7.90. The van der Waals surface area contributed by atoms with Crippen LogP contribution in [0.1, 0.15) is 44.9 Å². The molecule has 0 bridgehead atoms. The van der Waals surface area contributed by atoms with Gasteiger partial charge in [0.1, 0.15) is 5.75 Å². The zero-order chi connectivity index (χ0) is 17.5. The van der Waals surface area contributed by atoms with Crippen molar-refractivity contribution in [1.82, 2.24) is 9.80 Å². The Kier molecular flexibility index (Phi) is 6.31. The molecule has 3 rings (SSSR count). The lowest BCUT2D eigenvalue weighted by molar-refractivity contribution is -0.133. The summed E-state index contributed by atoms with van der Waals surface area (Å²) in [6.45, 7) is 2.29. The zero-order valence-corrected chi connectivity index (χ0v) is 14.9. The van der Waals surface area contributed by atoms with Crippen LogP contribution in [0.15, 0.2) is 30.3 Å². The maximum atomic E-state index is 12.4. The van der Waals surface area contributed by atoms with E-state index in [0.29, 0.717) is 38.3 Å². The van der Waals surface area contributed by atoms with E-state index in [1.165, 1.54) is 32.1 Å².